The number of carbonyl (C=O) groups is 2. The molecule has 0 amide bonds. The summed E-state index contributed by atoms with van der Waals surface area (Å²) in [5, 5.41) is 3.50. The van der Waals surface area contributed by atoms with Crippen LogP contribution >= 0.6 is 0 Å². The number of nitrogens with one attached hydrogen (secondary N) is 1. The number of allylic oxidation sites excluding steroid dienone is 3. The third-order valence-electron chi connectivity index (χ3n) is 6.46. The molecule has 2 aromatic carbocycles. The van der Waals surface area contributed by atoms with Crippen LogP contribution in [0.1, 0.15) is 54.1 Å². The average molecular weight is 399 g/mol. The number of carbonyl (C=O) groups excluding carboxylic acids is 2. The summed E-state index contributed by atoms with van der Waals surface area (Å²) in [5.74, 6) is 1.02. The molecule has 0 radical (unpaired) electrons. The van der Waals surface area contributed by atoms with Gasteiger partial charge in [0.05, 0.1) is 5.70 Å². The summed E-state index contributed by atoms with van der Waals surface area (Å²) >= 11 is 0. The lowest BCUT2D eigenvalue weighted by molar-refractivity contribution is -0.118. The van der Waals surface area contributed by atoms with E-state index in [0.717, 1.165) is 28.9 Å². The molecule has 0 spiro atoms. The third kappa shape index (κ3) is 2.35. The normalized spacial score (nSPS) is 23.2. The Hall–Kier alpha value is -3.34. The zero-order valence-corrected chi connectivity index (χ0v) is 16.9. The molecule has 2 aliphatic carbocycles. The van der Waals surface area contributed by atoms with Crippen molar-refractivity contribution in [2.75, 3.05) is 6.79 Å². The number of fused-ring (bicyclic) bond motifs is 3. The Kier molecular flexibility index (Phi) is 3.41. The lowest BCUT2D eigenvalue weighted by atomic mass is 9.68. The summed E-state index contributed by atoms with van der Waals surface area (Å²) in [7, 11) is 0. The van der Waals surface area contributed by atoms with E-state index in [-0.39, 0.29) is 23.8 Å². The molecular weight excluding hydrogens is 378 g/mol. The maximum atomic E-state index is 13.5. The van der Waals surface area contributed by atoms with Crippen LogP contribution in [-0.4, -0.2) is 18.4 Å². The van der Waals surface area contributed by atoms with Gasteiger partial charge < -0.3 is 14.8 Å². The highest BCUT2D eigenvalue weighted by atomic mass is 16.7. The van der Waals surface area contributed by atoms with Gasteiger partial charge in [0, 0.05) is 40.3 Å². The standard InChI is InChI=1S/C25H21NO4/c1-25(2)10-16-21(17(27)11-25)20(13-7-8-18-19(9-13)30-12-29-18)22-23(26-16)14-5-3-4-6-15(14)24(22)28/h3-9,20,26H,10-12H2,1-2H3/t20-/m1/s1. The predicted molar refractivity (Wildman–Crippen MR) is 111 cm³/mol. The molecule has 1 N–H and O–H groups in total. The predicted octanol–water partition coefficient (Wildman–Crippen LogP) is 4.35. The monoisotopic (exact) mass is 399 g/mol. The summed E-state index contributed by atoms with van der Waals surface area (Å²) in [5.41, 5.74) is 5.50. The van der Waals surface area contributed by atoms with Crippen LogP contribution in [0.4, 0.5) is 0 Å². The van der Waals surface area contributed by atoms with E-state index < -0.39 is 5.92 Å². The van der Waals surface area contributed by atoms with Gasteiger partial charge in [-0.1, -0.05) is 44.2 Å². The van der Waals surface area contributed by atoms with E-state index in [9.17, 15) is 9.59 Å². The van der Waals surface area contributed by atoms with E-state index in [0.29, 0.717) is 34.6 Å². The van der Waals surface area contributed by atoms with Gasteiger partial charge >= 0.3 is 0 Å². The van der Waals surface area contributed by atoms with Crippen LogP contribution in [0.25, 0.3) is 5.70 Å². The first kappa shape index (κ1) is 17.5. The molecule has 4 aliphatic rings. The number of hydrogen-bond acceptors (Lipinski definition) is 5. The summed E-state index contributed by atoms with van der Waals surface area (Å²) in [6, 6.07) is 13.4. The van der Waals surface area contributed by atoms with E-state index in [1.807, 2.05) is 42.5 Å². The number of Topliss-reactive ketones (excluding diaryl/α,β-unsaturated/α-hetero) is 2. The molecule has 6 rings (SSSR count). The van der Waals surface area contributed by atoms with Gasteiger partial charge in [-0.25, -0.2) is 0 Å². The number of hydrogen-bond donors (Lipinski definition) is 1. The van der Waals surface area contributed by atoms with Crippen molar-refractivity contribution in [2.24, 2.45) is 5.41 Å². The Morgan fingerprint density at radius 1 is 0.933 bits per heavy atom. The zero-order chi connectivity index (χ0) is 20.6. The van der Waals surface area contributed by atoms with Gasteiger partial charge in [-0.3, -0.25) is 9.59 Å². The van der Waals surface area contributed by atoms with E-state index >= 15 is 0 Å². The molecule has 2 aromatic rings. The smallest absolute Gasteiger partial charge is 0.231 e. The summed E-state index contributed by atoms with van der Waals surface area (Å²) < 4.78 is 11.0. The topological polar surface area (TPSA) is 64.6 Å². The van der Waals surface area contributed by atoms with Crippen molar-refractivity contribution >= 4 is 17.3 Å². The second-order valence-electron chi connectivity index (χ2n) is 9.17. The van der Waals surface area contributed by atoms with Gasteiger partial charge in [0.25, 0.3) is 0 Å². The van der Waals surface area contributed by atoms with Crippen molar-refractivity contribution < 1.29 is 19.1 Å². The summed E-state index contributed by atoms with van der Waals surface area (Å²) in [4.78, 5) is 26.8. The molecule has 0 aromatic heterocycles. The molecule has 5 heteroatoms. The highest BCUT2D eigenvalue weighted by Gasteiger charge is 2.46. The maximum absolute atomic E-state index is 13.5. The molecule has 0 saturated heterocycles. The first-order valence-corrected chi connectivity index (χ1v) is 10.2. The molecular formula is C25H21NO4. The molecule has 150 valence electrons. The average Bonchev–Trinajstić information content (AvgIpc) is 3.28. The molecule has 2 aliphatic heterocycles. The van der Waals surface area contributed by atoms with Gasteiger partial charge in [0.1, 0.15) is 0 Å². The van der Waals surface area contributed by atoms with Gasteiger partial charge in [-0.2, -0.15) is 0 Å². The van der Waals surface area contributed by atoms with Crippen LogP contribution in [0.5, 0.6) is 11.5 Å². The van der Waals surface area contributed by atoms with Gasteiger partial charge in [0.2, 0.25) is 6.79 Å². The Morgan fingerprint density at radius 3 is 2.53 bits per heavy atom. The minimum Gasteiger partial charge on any atom is -0.454 e. The molecule has 0 fully saturated rings. The number of ether oxygens (including phenoxy) is 2. The fourth-order valence-corrected chi connectivity index (χ4v) is 5.22. The number of dihydropyridines is 1. The van der Waals surface area contributed by atoms with E-state index in [1.165, 1.54) is 0 Å². The highest BCUT2D eigenvalue weighted by molar-refractivity contribution is 6.23. The first-order chi connectivity index (χ1) is 14.4. The fourth-order valence-electron chi connectivity index (χ4n) is 5.22. The lowest BCUT2D eigenvalue weighted by Gasteiger charge is -2.39. The van der Waals surface area contributed by atoms with Gasteiger partial charge in [-0.05, 0) is 29.5 Å². The van der Waals surface area contributed by atoms with Crippen molar-refractivity contribution in [3.63, 3.8) is 0 Å². The van der Waals surface area contributed by atoms with Crippen LogP contribution in [0.15, 0.2) is 59.3 Å². The Balaban J connectivity index is 1.58. The van der Waals surface area contributed by atoms with Crippen LogP contribution in [-0.2, 0) is 4.79 Å². The number of ketones is 2. The highest BCUT2D eigenvalue weighted by Crippen LogP contribution is 2.52. The van der Waals surface area contributed by atoms with Crippen LogP contribution in [0.3, 0.4) is 0 Å². The molecule has 30 heavy (non-hydrogen) atoms. The number of rotatable bonds is 1. The Morgan fingerprint density at radius 2 is 1.70 bits per heavy atom. The first-order valence-electron chi connectivity index (χ1n) is 10.2. The number of benzene rings is 2. The van der Waals surface area contributed by atoms with Crippen LogP contribution in [0, 0.1) is 5.41 Å². The third-order valence-corrected chi connectivity index (χ3v) is 6.46. The molecule has 1 atom stereocenters. The summed E-state index contributed by atoms with van der Waals surface area (Å²) in [6.45, 7) is 4.41. The molecule has 2 heterocycles. The minimum atomic E-state index is -0.408. The fraction of sp³-hybridized carbons (Fsp3) is 0.280. The lowest BCUT2D eigenvalue weighted by Crippen LogP contribution is -2.37. The van der Waals surface area contributed by atoms with Crippen molar-refractivity contribution in [2.45, 2.75) is 32.6 Å². The van der Waals surface area contributed by atoms with Gasteiger partial charge in [0.15, 0.2) is 23.1 Å². The second-order valence-corrected chi connectivity index (χ2v) is 9.17. The maximum Gasteiger partial charge on any atom is 0.231 e. The van der Waals surface area contributed by atoms with E-state index in [1.54, 1.807) is 0 Å². The van der Waals surface area contributed by atoms with Crippen LogP contribution < -0.4 is 14.8 Å². The van der Waals surface area contributed by atoms with Crippen molar-refractivity contribution in [1.29, 1.82) is 0 Å². The van der Waals surface area contributed by atoms with E-state index in [2.05, 4.69) is 19.2 Å². The zero-order valence-electron chi connectivity index (χ0n) is 16.9. The Bertz CT molecular complexity index is 1220. The quantitative estimate of drug-likeness (QED) is 0.772. The molecule has 0 saturated carbocycles. The SMILES string of the molecule is CC1(C)CC(=O)C2=C(C1)NC1=C(C(=O)c3ccccc31)[C@@H]2c1ccc2c(c1)OCO2. The molecule has 5 nitrogen and oxygen atoms in total. The van der Waals surface area contributed by atoms with Crippen molar-refractivity contribution in [3.8, 4) is 11.5 Å². The van der Waals surface area contributed by atoms with Crippen molar-refractivity contribution in [1.82, 2.24) is 5.32 Å². The minimum absolute atomic E-state index is 0.0139. The molecule has 0 bridgehead atoms. The van der Waals surface area contributed by atoms with Crippen LogP contribution in [0.2, 0.25) is 0 Å². The largest absolute Gasteiger partial charge is 0.454 e. The summed E-state index contributed by atoms with van der Waals surface area (Å²) in [6.07, 6.45) is 1.24. The molecule has 0 unspecified atom stereocenters. The Labute approximate surface area is 174 Å². The van der Waals surface area contributed by atoms with Crippen molar-refractivity contribution in [3.05, 3.63) is 76.0 Å². The van der Waals surface area contributed by atoms with E-state index in [4.69, 9.17) is 9.47 Å². The van der Waals surface area contributed by atoms with Gasteiger partial charge in [-0.15, -0.1) is 0 Å². The second kappa shape index (κ2) is 5.85.